The summed E-state index contributed by atoms with van der Waals surface area (Å²) in [6.45, 7) is 1.48. The number of nitrogens with zero attached hydrogens (tertiary/aromatic N) is 1. The summed E-state index contributed by atoms with van der Waals surface area (Å²) in [5.41, 5.74) is 2.50. The van der Waals surface area contributed by atoms with Crippen LogP contribution in [0.4, 0.5) is 0 Å². The lowest BCUT2D eigenvalue weighted by atomic mass is 10.1. The Morgan fingerprint density at radius 1 is 0.833 bits per heavy atom. The number of phenolic OH excluding ortho intramolecular Hbond substituents is 1. The molecule has 0 heterocycles. The van der Waals surface area contributed by atoms with Crippen molar-refractivity contribution in [3.63, 3.8) is 0 Å². The summed E-state index contributed by atoms with van der Waals surface area (Å²) in [6, 6.07) is 29.7. The third-order valence-electron chi connectivity index (χ3n) is 6.00. The Labute approximate surface area is 217 Å². The lowest BCUT2D eigenvalue weighted by Crippen LogP contribution is -2.30. The predicted molar refractivity (Wildman–Crippen MR) is 142 cm³/mol. The first-order valence-corrected chi connectivity index (χ1v) is 13.5. The Bertz CT molecular complexity index is 1410. The molecule has 1 unspecified atom stereocenters. The third kappa shape index (κ3) is 6.53. The molecule has 0 spiro atoms. The van der Waals surface area contributed by atoms with E-state index in [4.69, 9.17) is 11.6 Å². The largest absolute Gasteiger partial charge is 0.508 e. The Hall–Kier alpha value is -3.16. The van der Waals surface area contributed by atoms with Crippen molar-refractivity contribution < 1.29 is 18.6 Å². The lowest BCUT2D eigenvalue weighted by Gasteiger charge is -2.26. The maximum absolute atomic E-state index is 13.4. The summed E-state index contributed by atoms with van der Waals surface area (Å²) in [5, 5.41) is 21.3. The number of aliphatic hydroxyl groups excluding tert-OH is 1. The van der Waals surface area contributed by atoms with Crippen LogP contribution in [0.1, 0.15) is 22.8 Å². The van der Waals surface area contributed by atoms with Crippen molar-refractivity contribution in [3.05, 3.63) is 125 Å². The maximum atomic E-state index is 13.4. The van der Waals surface area contributed by atoms with Crippen LogP contribution in [0.5, 0.6) is 5.75 Å². The topological polar surface area (TPSA) is 77.8 Å². The van der Waals surface area contributed by atoms with Crippen molar-refractivity contribution in [1.29, 1.82) is 0 Å². The minimum absolute atomic E-state index is 0.0486. The average Bonchev–Trinajstić information content (AvgIpc) is 2.88. The molecular formula is C29H28ClNO4S. The molecule has 0 aromatic heterocycles. The van der Waals surface area contributed by atoms with Crippen LogP contribution in [0.3, 0.4) is 0 Å². The number of sulfone groups is 1. The standard InChI is InChI=1S/C29H28ClNO4S/c30-25-12-6-11-24(18-25)28(33)21-31(20-22-8-2-1-3-9-22)17-16-23-10-4-5-15-29(23)36(34,35)27-14-7-13-26(32)19-27/h1-15,18-19,28,32-33H,16-17,20-21H2. The molecule has 4 rings (SSSR count). The molecule has 0 aliphatic carbocycles. The molecule has 0 saturated carbocycles. The monoisotopic (exact) mass is 521 g/mol. The molecule has 36 heavy (non-hydrogen) atoms. The molecule has 1 atom stereocenters. The maximum Gasteiger partial charge on any atom is 0.206 e. The summed E-state index contributed by atoms with van der Waals surface area (Å²) in [4.78, 5) is 2.37. The van der Waals surface area contributed by atoms with Gasteiger partial charge < -0.3 is 10.2 Å². The predicted octanol–water partition coefficient (Wildman–Crippen LogP) is 5.66. The van der Waals surface area contributed by atoms with Crippen molar-refractivity contribution in [2.24, 2.45) is 0 Å². The first-order chi connectivity index (χ1) is 17.3. The number of hydrogen-bond donors (Lipinski definition) is 2. The van der Waals surface area contributed by atoms with E-state index in [0.717, 1.165) is 11.1 Å². The van der Waals surface area contributed by atoms with Gasteiger partial charge in [-0.05, 0) is 59.5 Å². The number of hydrogen-bond acceptors (Lipinski definition) is 5. The highest BCUT2D eigenvalue weighted by Crippen LogP contribution is 2.27. The molecule has 0 aliphatic rings. The molecule has 186 valence electrons. The molecule has 0 aliphatic heterocycles. The van der Waals surface area contributed by atoms with Crippen LogP contribution in [0.15, 0.2) is 113 Å². The van der Waals surface area contributed by atoms with Gasteiger partial charge in [0, 0.05) is 24.7 Å². The van der Waals surface area contributed by atoms with E-state index in [2.05, 4.69) is 4.90 Å². The number of halogens is 1. The number of rotatable bonds is 10. The van der Waals surface area contributed by atoms with E-state index >= 15 is 0 Å². The highest BCUT2D eigenvalue weighted by molar-refractivity contribution is 7.91. The highest BCUT2D eigenvalue weighted by atomic mass is 35.5. The summed E-state index contributed by atoms with van der Waals surface area (Å²) in [6.07, 6.45) is -0.290. The summed E-state index contributed by atoms with van der Waals surface area (Å²) in [7, 11) is -3.81. The van der Waals surface area contributed by atoms with Gasteiger partial charge in [-0.2, -0.15) is 0 Å². The van der Waals surface area contributed by atoms with Gasteiger partial charge in [0.1, 0.15) is 5.75 Å². The molecule has 0 radical (unpaired) electrons. The zero-order chi connectivity index (χ0) is 25.5. The minimum Gasteiger partial charge on any atom is -0.508 e. The zero-order valence-electron chi connectivity index (χ0n) is 19.7. The first kappa shape index (κ1) is 25.9. The Kier molecular flexibility index (Phi) is 8.44. The Morgan fingerprint density at radius 3 is 2.31 bits per heavy atom. The summed E-state index contributed by atoms with van der Waals surface area (Å²) >= 11 is 6.12. The van der Waals surface area contributed by atoms with E-state index in [1.165, 1.54) is 24.3 Å². The first-order valence-electron chi connectivity index (χ1n) is 11.6. The molecule has 2 N–H and O–H groups in total. The molecule has 0 saturated heterocycles. The highest BCUT2D eigenvalue weighted by Gasteiger charge is 2.22. The van der Waals surface area contributed by atoms with Crippen LogP contribution in [-0.2, 0) is 22.8 Å². The Morgan fingerprint density at radius 2 is 1.56 bits per heavy atom. The fourth-order valence-corrected chi connectivity index (χ4v) is 5.93. The second kappa shape index (κ2) is 11.7. The van der Waals surface area contributed by atoms with E-state index in [0.29, 0.717) is 36.6 Å². The molecule has 0 amide bonds. The zero-order valence-corrected chi connectivity index (χ0v) is 21.2. The minimum atomic E-state index is -3.81. The SMILES string of the molecule is O=S(=O)(c1cccc(O)c1)c1ccccc1CCN(Cc1ccccc1)CC(O)c1cccc(Cl)c1. The van der Waals surface area contributed by atoms with Crippen LogP contribution in [-0.4, -0.2) is 36.6 Å². The Balaban J connectivity index is 1.57. The van der Waals surface area contributed by atoms with Crippen molar-refractivity contribution >= 4 is 21.4 Å². The van der Waals surface area contributed by atoms with E-state index < -0.39 is 15.9 Å². The van der Waals surface area contributed by atoms with E-state index in [1.54, 1.807) is 24.3 Å². The van der Waals surface area contributed by atoms with Gasteiger partial charge in [0.15, 0.2) is 0 Å². The van der Waals surface area contributed by atoms with Gasteiger partial charge >= 0.3 is 0 Å². The van der Waals surface area contributed by atoms with Crippen LogP contribution in [0.25, 0.3) is 0 Å². The molecule has 5 nitrogen and oxygen atoms in total. The van der Waals surface area contributed by atoms with Gasteiger partial charge in [-0.1, -0.05) is 78.3 Å². The van der Waals surface area contributed by atoms with Gasteiger partial charge in [-0.15, -0.1) is 0 Å². The quantitative estimate of drug-likeness (QED) is 0.282. The van der Waals surface area contributed by atoms with Crippen LogP contribution < -0.4 is 0 Å². The van der Waals surface area contributed by atoms with E-state index in [1.807, 2.05) is 54.6 Å². The van der Waals surface area contributed by atoms with Gasteiger partial charge in [0.05, 0.1) is 15.9 Å². The number of aliphatic hydroxyl groups is 1. The van der Waals surface area contributed by atoms with Crippen LogP contribution >= 0.6 is 11.6 Å². The smallest absolute Gasteiger partial charge is 0.206 e. The van der Waals surface area contributed by atoms with Crippen molar-refractivity contribution in [2.45, 2.75) is 28.9 Å². The lowest BCUT2D eigenvalue weighted by molar-refractivity contribution is 0.109. The van der Waals surface area contributed by atoms with Crippen molar-refractivity contribution in [3.8, 4) is 5.75 Å². The molecule has 4 aromatic rings. The molecular weight excluding hydrogens is 494 g/mol. The molecule has 4 aromatic carbocycles. The molecule has 0 fully saturated rings. The summed E-state index contributed by atoms with van der Waals surface area (Å²) in [5.74, 6) is -0.0994. The van der Waals surface area contributed by atoms with Crippen molar-refractivity contribution in [2.75, 3.05) is 13.1 Å². The second-order valence-corrected chi connectivity index (χ2v) is 11.0. The summed E-state index contributed by atoms with van der Waals surface area (Å²) < 4.78 is 26.7. The molecule has 0 bridgehead atoms. The van der Waals surface area contributed by atoms with E-state index in [9.17, 15) is 18.6 Å². The fraction of sp³-hybridized carbons (Fsp3) is 0.172. The average molecular weight is 522 g/mol. The van der Waals surface area contributed by atoms with Gasteiger partial charge in [-0.25, -0.2) is 8.42 Å². The number of benzene rings is 4. The third-order valence-corrected chi connectivity index (χ3v) is 8.09. The fourth-order valence-electron chi connectivity index (χ4n) is 4.17. The van der Waals surface area contributed by atoms with Crippen molar-refractivity contribution in [1.82, 2.24) is 4.90 Å². The second-order valence-electron chi connectivity index (χ2n) is 8.65. The normalized spacial score (nSPS) is 12.5. The number of phenols is 1. The molecule has 7 heteroatoms. The number of aromatic hydroxyl groups is 1. The van der Waals surface area contributed by atoms with Gasteiger partial charge in [0.25, 0.3) is 0 Å². The van der Waals surface area contributed by atoms with Crippen LogP contribution in [0, 0.1) is 0 Å². The van der Waals surface area contributed by atoms with Gasteiger partial charge in [0.2, 0.25) is 9.84 Å². The van der Waals surface area contributed by atoms with Gasteiger partial charge in [-0.3, -0.25) is 4.90 Å². The van der Waals surface area contributed by atoms with Crippen LogP contribution in [0.2, 0.25) is 5.02 Å². The van der Waals surface area contributed by atoms with E-state index in [-0.39, 0.29) is 15.5 Å².